The maximum atomic E-state index is 13.9. The molecule has 2 fully saturated rings. The first-order chi connectivity index (χ1) is 20.6. The molecule has 2 aromatic rings. The number of nitro benzene ring substituents is 1. The van der Waals surface area contributed by atoms with E-state index in [2.05, 4.69) is 10.6 Å². The minimum atomic E-state index is -2.11. The van der Waals surface area contributed by atoms with Gasteiger partial charge in [0.15, 0.2) is 5.60 Å². The molecule has 0 aromatic heterocycles. The highest BCUT2D eigenvalue weighted by atomic mass is 16.6. The smallest absolute Gasteiger partial charge is 0.269 e. The van der Waals surface area contributed by atoms with Crippen LogP contribution in [0.2, 0.25) is 0 Å². The number of non-ortho nitro benzene ring substituents is 1. The lowest BCUT2D eigenvalue weighted by Crippen LogP contribution is -2.44. The standard InChI is InChI=1S/C31H37N5O7/c1-20(6-2-11-28(38)34-15-5-9-24(34)19-37)31(41)25-17-23(36(42)43)12-13-27(25)35(30(31)40)18-21-7-3-8-22(16-21)33-29(39)26-10-4-14-32-26/h2-3,6-8,12-13,16-17,20,24,26,32,37,41H,4-5,9-11,14-15,18-19H2,1H3,(H,33,39)/b6-2+/t20-,24+,26-,31+/m1/s1. The van der Waals surface area contributed by atoms with Crippen molar-refractivity contribution in [2.75, 3.05) is 29.9 Å². The topological polar surface area (TPSA) is 165 Å². The molecule has 0 saturated carbocycles. The molecule has 43 heavy (non-hydrogen) atoms. The zero-order chi connectivity index (χ0) is 30.7. The molecule has 0 radical (unpaired) electrons. The Kier molecular flexibility index (Phi) is 8.90. The summed E-state index contributed by atoms with van der Waals surface area (Å²) in [5.41, 5.74) is -0.634. The average molecular weight is 592 g/mol. The first-order valence-electron chi connectivity index (χ1n) is 14.7. The van der Waals surface area contributed by atoms with Gasteiger partial charge in [0.05, 0.1) is 35.8 Å². The van der Waals surface area contributed by atoms with Gasteiger partial charge in [0.1, 0.15) is 0 Å². The number of anilines is 2. The van der Waals surface area contributed by atoms with Gasteiger partial charge in [0.25, 0.3) is 11.6 Å². The second kappa shape index (κ2) is 12.6. The molecule has 12 nitrogen and oxygen atoms in total. The Labute approximate surface area is 249 Å². The van der Waals surface area contributed by atoms with Gasteiger partial charge in [-0.2, -0.15) is 0 Å². The van der Waals surface area contributed by atoms with Crippen LogP contribution in [-0.4, -0.2) is 69.5 Å². The SMILES string of the molecule is C[C@H](/C=C/CC(=O)N1CCC[C@H]1CO)[C@@]1(O)C(=O)N(Cc2cccc(NC(=O)[C@H]3CCCN3)c2)c2ccc([N+](=O)[O-])cc21. The average Bonchev–Trinajstić information content (AvgIpc) is 3.75. The van der Waals surface area contributed by atoms with E-state index < -0.39 is 22.3 Å². The van der Waals surface area contributed by atoms with Gasteiger partial charge in [-0.25, -0.2) is 0 Å². The largest absolute Gasteiger partial charge is 0.394 e. The van der Waals surface area contributed by atoms with Crippen molar-refractivity contribution >= 4 is 34.8 Å². The number of rotatable bonds is 10. The number of nitrogens with zero attached hydrogens (tertiary/aromatic N) is 3. The number of aliphatic hydroxyl groups is 2. The number of carbonyl (C=O) groups excluding carboxylic acids is 3. The molecule has 0 unspecified atom stereocenters. The number of fused-ring (bicyclic) bond motifs is 1. The molecule has 2 saturated heterocycles. The van der Waals surface area contributed by atoms with Crippen LogP contribution < -0.4 is 15.5 Å². The van der Waals surface area contributed by atoms with Crippen LogP contribution >= 0.6 is 0 Å². The van der Waals surface area contributed by atoms with E-state index in [0.29, 0.717) is 23.5 Å². The Bertz CT molecular complexity index is 1440. The number of hydrogen-bond donors (Lipinski definition) is 4. The van der Waals surface area contributed by atoms with E-state index in [0.717, 1.165) is 32.2 Å². The molecule has 0 bridgehead atoms. The molecular formula is C31H37N5O7. The zero-order valence-corrected chi connectivity index (χ0v) is 24.1. The van der Waals surface area contributed by atoms with Crippen molar-refractivity contribution in [1.82, 2.24) is 10.2 Å². The highest BCUT2D eigenvalue weighted by Crippen LogP contribution is 2.47. The summed E-state index contributed by atoms with van der Waals surface area (Å²) < 4.78 is 0. The van der Waals surface area contributed by atoms with Crippen LogP contribution in [-0.2, 0) is 26.5 Å². The van der Waals surface area contributed by atoms with Crippen LogP contribution in [0.3, 0.4) is 0 Å². The van der Waals surface area contributed by atoms with E-state index in [1.165, 1.54) is 23.1 Å². The third kappa shape index (κ3) is 6.03. The fraction of sp³-hybridized carbons (Fsp3) is 0.452. The summed E-state index contributed by atoms with van der Waals surface area (Å²) in [6.45, 7) is 2.96. The first-order valence-corrected chi connectivity index (χ1v) is 14.7. The first kappa shape index (κ1) is 30.3. The van der Waals surface area contributed by atoms with Crippen molar-refractivity contribution in [3.63, 3.8) is 0 Å². The maximum Gasteiger partial charge on any atom is 0.269 e. The predicted molar refractivity (Wildman–Crippen MR) is 159 cm³/mol. The van der Waals surface area contributed by atoms with Crippen LogP contribution in [0.25, 0.3) is 0 Å². The molecule has 0 aliphatic carbocycles. The molecule has 2 aromatic carbocycles. The number of carbonyl (C=O) groups is 3. The van der Waals surface area contributed by atoms with Gasteiger partial charge in [-0.05, 0) is 56.0 Å². The molecule has 228 valence electrons. The summed E-state index contributed by atoms with van der Waals surface area (Å²) in [4.78, 5) is 53.3. The van der Waals surface area contributed by atoms with Gasteiger partial charge in [-0.1, -0.05) is 31.2 Å². The van der Waals surface area contributed by atoms with Gasteiger partial charge in [0.2, 0.25) is 11.8 Å². The number of likely N-dealkylation sites (tertiary alicyclic amines) is 1. The predicted octanol–water partition coefficient (Wildman–Crippen LogP) is 2.59. The van der Waals surface area contributed by atoms with Crippen LogP contribution in [0, 0.1) is 16.0 Å². The molecule has 3 aliphatic heterocycles. The Balaban J connectivity index is 1.37. The summed E-state index contributed by atoms with van der Waals surface area (Å²) in [5.74, 6) is -1.75. The normalized spacial score (nSPS) is 24.0. The van der Waals surface area contributed by atoms with E-state index in [-0.39, 0.29) is 54.7 Å². The van der Waals surface area contributed by atoms with Gasteiger partial charge in [0, 0.05) is 42.3 Å². The van der Waals surface area contributed by atoms with Crippen molar-refractivity contribution in [3.8, 4) is 0 Å². The number of amides is 3. The number of hydrogen-bond acceptors (Lipinski definition) is 8. The minimum Gasteiger partial charge on any atom is -0.394 e. The quantitative estimate of drug-likeness (QED) is 0.186. The second-order valence-corrected chi connectivity index (χ2v) is 11.4. The lowest BCUT2D eigenvalue weighted by atomic mass is 9.82. The molecule has 4 N–H and O–H groups in total. The van der Waals surface area contributed by atoms with Crippen molar-refractivity contribution in [2.45, 2.75) is 63.3 Å². The van der Waals surface area contributed by atoms with Crippen LogP contribution in [0.4, 0.5) is 17.1 Å². The summed E-state index contributed by atoms with van der Waals surface area (Å²) in [7, 11) is 0. The third-order valence-corrected chi connectivity index (χ3v) is 8.66. The highest BCUT2D eigenvalue weighted by molar-refractivity contribution is 6.07. The van der Waals surface area contributed by atoms with Gasteiger partial charge >= 0.3 is 0 Å². The lowest BCUT2D eigenvalue weighted by molar-refractivity contribution is -0.385. The third-order valence-electron chi connectivity index (χ3n) is 8.66. The van der Waals surface area contributed by atoms with Crippen LogP contribution in [0.1, 0.15) is 50.2 Å². The summed E-state index contributed by atoms with van der Waals surface area (Å²) in [6, 6.07) is 10.6. The van der Waals surface area contributed by atoms with Gasteiger partial charge < -0.3 is 30.6 Å². The van der Waals surface area contributed by atoms with Crippen molar-refractivity contribution in [1.29, 1.82) is 0 Å². The van der Waals surface area contributed by atoms with Crippen LogP contribution in [0.15, 0.2) is 54.6 Å². The van der Waals surface area contributed by atoms with E-state index in [4.69, 9.17) is 0 Å². The number of benzene rings is 2. The number of nitrogens with one attached hydrogen (secondary N) is 2. The Morgan fingerprint density at radius 3 is 2.77 bits per heavy atom. The summed E-state index contributed by atoms with van der Waals surface area (Å²) in [6.07, 6.45) is 6.47. The summed E-state index contributed by atoms with van der Waals surface area (Å²) in [5, 5.41) is 39.1. The molecule has 4 atom stereocenters. The van der Waals surface area contributed by atoms with Gasteiger partial charge in [-0.15, -0.1) is 0 Å². The highest BCUT2D eigenvalue weighted by Gasteiger charge is 2.53. The molecule has 3 heterocycles. The molecule has 3 amide bonds. The molecular weight excluding hydrogens is 554 g/mol. The van der Waals surface area contributed by atoms with Gasteiger partial charge in [-0.3, -0.25) is 24.5 Å². The molecule has 0 spiro atoms. The zero-order valence-electron chi connectivity index (χ0n) is 24.1. The molecule has 12 heteroatoms. The maximum absolute atomic E-state index is 13.9. The molecule has 5 rings (SSSR count). The monoisotopic (exact) mass is 591 g/mol. The summed E-state index contributed by atoms with van der Waals surface area (Å²) >= 11 is 0. The Hall–Kier alpha value is -4.13. The Morgan fingerprint density at radius 2 is 2.05 bits per heavy atom. The van der Waals surface area contributed by atoms with E-state index >= 15 is 0 Å². The number of aliphatic hydroxyl groups excluding tert-OH is 1. The van der Waals surface area contributed by atoms with E-state index in [9.17, 15) is 34.7 Å². The fourth-order valence-corrected chi connectivity index (χ4v) is 6.26. The van der Waals surface area contributed by atoms with Crippen molar-refractivity contribution in [3.05, 3.63) is 75.9 Å². The lowest BCUT2D eigenvalue weighted by Gasteiger charge is -2.28. The minimum absolute atomic E-state index is 0.0332. The van der Waals surface area contributed by atoms with E-state index in [1.54, 1.807) is 48.2 Å². The van der Waals surface area contributed by atoms with Crippen molar-refractivity contribution in [2.24, 2.45) is 5.92 Å². The molecule has 3 aliphatic rings. The van der Waals surface area contributed by atoms with E-state index in [1.807, 2.05) is 0 Å². The van der Waals surface area contributed by atoms with Crippen LogP contribution in [0.5, 0.6) is 0 Å². The Morgan fingerprint density at radius 1 is 1.23 bits per heavy atom. The fourth-order valence-electron chi connectivity index (χ4n) is 6.26. The van der Waals surface area contributed by atoms with Crippen molar-refractivity contribution < 1.29 is 29.5 Å². The number of nitro groups is 1. The second-order valence-electron chi connectivity index (χ2n) is 11.4.